The third-order valence-corrected chi connectivity index (χ3v) is 4.45. The Labute approximate surface area is 157 Å². The van der Waals surface area contributed by atoms with Crippen LogP contribution >= 0.6 is 0 Å². The van der Waals surface area contributed by atoms with E-state index in [2.05, 4.69) is 10.6 Å². The van der Waals surface area contributed by atoms with Crippen molar-refractivity contribution < 1.29 is 18.7 Å². The molecule has 0 bridgehead atoms. The van der Waals surface area contributed by atoms with Gasteiger partial charge in [-0.3, -0.25) is 9.59 Å². The molecule has 6 nitrogen and oxygen atoms in total. The predicted octanol–water partition coefficient (Wildman–Crippen LogP) is 3.40. The number of carbonyl (C=O) groups is 2. The standard InChI is InChI=1S/C20H22FN3O3/c1-13(20(26)23-16-7-4-3-6-15(16)21)22-14-9-10-17(18(12-14)27-2)24-11-5-8-19(24)25/h3-4,6-7,9-10,12-13,22H,5,8,11H2,1-2H3,(H,23,26). The fourth-order valence-electron chi connectivity index (χ4n) is 3.01. The number of nitrogens with zero attached hydrogens (tertiary/aromatic N) is 1. The number of ether oxygens (including phenoxy) is 1. The Balaban J connectivity index is 1.70. The lowest BCUT2D eigenvalue weighted by molar-refractivity contribution is -0.117. The zero-order valence-corrected chi connectivity index (χ0v) is 15.3. The van der Waals surface area contributed by atoms with Crippen molar-refractivity contribution in [1.82, 2.24) is 0 Å². The van der Waals surface area contributed by atoms with Crippen LogP contribution in [0.25, 0.3) is 0 Å². The van der Waals surface area contributed by atoms with Crippen LogP contribution in [0.2, 0.25) is 0 Å². The van der Waals surface area contributed by atoms with Gasteiger partial charge in [0.05, 0.1) is 18.5 Å². The van der Waals surface area contributed by atoms with Gasteiger partial charge in [-0.2, -0.15) is 0 Å². The summed E-state index contributed by atoms with van der Waals surface area (Å²) in [4.78, 5) is 26.0. The maximum absolute atomic E-state index is 13.7. The molecule has 3 rings (SSSR count). The molecule has 1 atom stereocenters. The first-order chi connectivity index (χ1) is 13.0. The van der Waals surface area contributed by atoms with Crippen LogP contribution in [0.5, 0.6) is 5.75 Å². The average Bonchev–Trinajstić information content (AvgIpc) is 3.09. The number of para-hydroxylation sites is 1. The first-order valence-electron chi connectivity index (χ1n) is 8.80. The van der Waals surface area contributed by atoms with Gasteiger partial charge in [-0.25, -0.2) is 4.39 Å². The molecule has 2 N–H and O–H groups in total. The second-order valence-corrected chi connectivity index (χ2v) is 6.37. The molecule has 2 aromatic carbocycles. The number of hydrogen-bond donors (Lipinski definition) is 2. The maximum Gasteiger partial charge on any atom is 0.246 e. The molecule has 1 aliphatic heterocycles. The summed E-state index contributed by atoms with van der Waals surface area (Å²) >= 11 is 0. The monoisotopic (exact) mass is 371 g/mol. The summed E-state index contributed by atoms with van der Waals surface area (Å²) in [5, 5.41) is 5.63. The average molecular weight is 371 g/mol. The van der Waals surface area contributed by atoms with Crippen molar-refractivity contribution in [2.75, 3.05) is 29.2 Å². The molecule has 1 aliphatic rings. The summed E-state index contributed by atoms with van der Waals surface area (Å²) in [5.74, 6) is -0.221. The maximum atomic E-state index is 13.7. The molecule has 0 saturated carbocycles. The Morgan fingerprint density at radius 2 is 2.04 bits per heavy atom. The van der Waals surface area contributed by atoms with Gasteiger partial charge >= 0.3 is 0 Å². The Hall–Kier alpha value is -3.09. The lowest BCUT2D eigenvalue weighted by atomic mass is 10.2. The zero-order valence-electron chi connectivity index (χ0n) is 15.3. The minimum atomic E-state index is -0.603. The second kappa shape index (κ2) is 8.07. The van der Waals surface area contributed by atoms with Gasteiger partial charge in [0.25, 0.3) is 0 Å². The van der Waals surface area contributed by atoms with E-state index in [1.165, 1.54) is 19.2 Å². The molecule has 7 heteroatoms. The number of benzene rings is 2. The molecule has 1 saturated heterocycles. The number of halogens is 1. The van der Waals surface area contributed by atoms with Crippen molar-refractivity contribution in [1.29, 1.82) is 0 Å². The summed E-state index contributed by atoms with van der Waals surface area (Å²) in [5.41, 5.74) is 1.52. The van der Waals surface area contributed by atoms with Crippen LogP contribution in [0.4, 0.5) is 21.5 Å². The van der Waals surface area contributed by atoms with Gasteiger partial charge in [0, 0.05) is 24.7 Å². The van der Waals surface area contributed by atoms with E-state index in [1.54, 1.807) is 42.2 Å². The highest BCUT2D eigenvalue weighted by Crippen LogP contribution is 2.34. The van der Waals surface area contributed by atoms with E-state index >= 15 is 0 Å². The van der Waals surface area contributed by atoms with Gasteiger partial charge < -0.3 is 20.3 Å². The lowest BCUT2D eigenvalue weighted by Crippen LogP contribution is -2.32. The SMILES string of the molecule is COc1cc(NC(C)C(=O)Nc2ccccc2F)ccc1N1CCCC1=O. The smallest absolute Gasteiger partial charge is 0.246 e. The first-order valence-corrected chi connectivity index (χ1v) is 8.80. The summed E-state index contributed by atoms with van der Waals surface area (Å²) in [6, 6.07) is 10.7. The van der Waals surface area contributed by atoms with Crippen molar-refractivity contribution in [3.63, 3.8) is 0 Å². The van der Waals surface area contributed by atoms with Gasteiger partial charge in [0.15, 0.2) is 0 Å². The summed E-state index contributed by atoms with van der Waals surface area (Å²) < 4.78 is 19.1. The first kappa shape index (κ1) is 18.7. The number of methoxy groups -OCH3 is 1. The van der Waals surface area contributed by atoms with Crippen molar-refractivity contribution in [3.05, 3.63) is 48.3 Å². The lowest BCUT2D eigenvalue weighted by Gasteiger charge is -2.21. The minimum absolute atomic E-state index is 0.0756. The van der Waals surface area contributed by atoms with Crippen molar-refractivity contribution in [2.45, 2.75) is 25.8 Å². The van der Waals surface area contributed by atoms with Crippen LogP contribution in [0.3, 0.4) is 0 Å². The Bertz CT molecular complexity index is 856. The topological polar surface area (TPSA) is 70.7 Å². The summed E-state index contributed by atoms with van der Waals surface area (Å²) in [6.07, 6.45) is 1.37. The highest BCUT2D eigenvalue weighted by molar-refractivity contribution is 5.98. The van der Waals surface area contributed by atoms with Crippen molar-refractivity contribution in [3.8, 4) is 5.75 Å². The molecule has 0 radical (unpaired) electrons. The van der Waals surface area contributed by atoms with Crippen molar-refractivity contribution in [2.24, 2.45) is 0 Å². The Morgan fingerprint density at radius 1 is 1.26 bits per heavy atom. The fourth-order valence-corrected chi connectivity index (χ4v) is 3.01. The van der Waals surface area contributed by atoms with Gasteiger partial charge in [-0.1, -0.05) is 12.1 Å². The van der Waals surface area contributed by atoms with E-state index in [1.807, 2.05) is 0 Å². The van der Waals surface area contributed by atoms with Gasteiger partial charge in [0.1, 0.15) is 17.6 Å². The largest absolute Gasteiger partial charge is 0.494 e. The van der Waals surface area contributed by atoms with Crippen LogP contribution < -0.4 is 20.3 Å². The zero-order chi connectivity index (χ0) is 19.4. The van der Waals surface area contributed by atoms with Crippen LogP contribution in [0, 0.1) is 5.82 Å². The van der Waals surface area contributed by atoms with Crippen LogP contribution in [-0.4, -0.2) is 31.5 Å². The van der Waals surface area contributed by atoms with Crippen LogP contribution in [0.15, 0.2) is 42.5 Å². The van der Waals surface area contributed by atoms with E-state index < -0.39 is 11.9 Å². The molecule has 0 aromatic heterocycles. The Kier molecular flexibility index (Phi) is 5.59. The molecule has 1 fully saturated rings. The molecule has 1 heterocycles. The molecule has 0 aliphatic carbocycles. The predicted molar refractivity (Wildman–Crippen MR) is 103 cm³/mol. The van der Waals surface area contributed by atoms with Gasteiger partial charge in [-0.15, -0.1) is 0 Å². The Morgan fingerprint density at radius 3 is 2.70 bits per heavy atom. The number of nitrogens with one attached hydrogen (secondary N) is 2. The fraction of sp³-hybridized carbons (Fsp3) is 0.300. The van der Waals surface area contributed by atoms with E-state index in [0.29, 0.717) is 30.1 Å². The molecule has 1 unspecified atom stereocenters. The van der Waals surface area contributed by atoms with Crippen molar-refractivity contribution >= 4 is 28.9 Å². The summed E-state index contributed by atoms with van der Waals surface area (Å²) in [7, 11) is 1.54. The number of rotatable bonds is 6. The second-order valence-electron chi connectivity index (χ2n) is 6.37. The molecule has 2 amide bonds. The van der Waals surface area contributed by atoms with E-state index in [0.717, 1.165) is 6.42 Å². The quantitative estimate of drug-likeness (QED) is 0.817. The third-order valence-electron chi connectivity index (χ3n) is 4.45. The number of anilines is 3. The molecular weight excluding hydrogens is 349 g/mol. The minimum Gasteiger partial charge on any atom is -0.494 e. The molecular formula is C20H22FN3O3. The van der Waals surface area contributed by atoms with Crippen LogP contribution in [-0.2, 0) is 9.59 Å². The number of amides is 2. The van der Waals surface area contributed by atoms with E-state index in [4.69, 9.17) is 4.74 Å². The highest BCUT2D eigenvalue weighted by Gasteiger charge is 2.25. The number of carbonyl (C=O) groups excluding carboxylic acids is 2. The van der Waals surface area contributed by atoms with Gasteiger partial charge in [0.2, 0.25) is 11.8 Å². The normalized spacial score (nSPS) is 14.8. The highest BCUT2D eigenvalue weighted by atomic mass is 19.1. The van der Waals surface area contributed by atoms with E-state index in [9.17, 15) is 14.0 Å². The third kappa shape index (κ3) is 4.19. The van der Waals surface area contributed by atoms with Gasteiger partial charge in [-0.05, 0) is 37.6 Å². The molecule has 142 valence electrons. The number of hydrogen-bond acceptors (Lipinski definition) is 4. The van der Waals surface area contributed by atoms with E-state index in [-0.39, 0.29) is 17.5 Å². The molecule has 27 heavy (non-hydrogen) atoms. The summed E-state index contributed by atoms with van der Waals surface area (Å²) in [6.45, 7) is 2.35. The molecule has 2 aromatic rings. The van der Waals surface area contributed by atoms with Crippen LogP contribution in [0.1, 0.15) is 19.8 Å². The molecule has 0 spiro atoms.